The third-order valence-electron chi connectivity index (χ3n) is 5.09. The molecule has 0 saturated carbocycles. The van der Waals surface area contributed by atoms with Crippen molar-refractivity contribution < 1.29 is 14.3 Å². The van der Waals surface area contributed by atoms with Crippen molar-refractivity contribution in [1.82, 2.24) is 10.2 Å². The molecule has 1 aromatic carbocycles. The van der Waals surface area contributed by atoms with E-state index >= 15 is 0 Å². The zero-order valence-corrected chi connectivity index (χ0v) is 17.3. The maximum atomic E-state index is 12.1. The third kappa shape index (κ3) is 5.84. The average Bonchev–Trinajstić information content (AvgIpc) is 3.24. The van der Waals surface area contributed by atoms with E-state index in [1.54, 1.807) is 37.7 Å². The average molecular weight is 401 g/mol. The van der Waals surface area contributed by atoms with Gasteiger partial charge < -0.3 is 14.8 Å². The molecule has 0 unspecified atom stereocenters. The summed E-state index contributed by atoms with van der Waals surface area (Å²) in [6.07, 6.45) is 5.63. The number of hydrogen-bond acceptors (Lipinski definition) is 5. The number of hydrogen-bond donors (Lipinski definition) is 1. The number of piperidine rings is 1. The van der Waals surface area contributed by atoms with Crippen LogP contribution < -0.4 is 14.8 Å². The fourth-order valence-corrected chi connectivity index (χ4v) is 4.08. The Labute approximate surface area is 171 Å². The number of carbonyl (C=O) groups is 1. The molecule has 3 rings (SSSR count). The second-order valence-electron chi connectivity index (χ2n) is 7.04. The Hall–Kier alpha value is -2.31. The Kier molecular flexibility index (Phi) is 7.51. The molecule has 1 fully saturated rings. The number of nitrogens with zero attached hydrogens (tertiary/aromatic N) is 1. The molecule has 1 aliphatic heterocycles. The van der Waals surface area contributed by atoms with Gasteiger partial charge in [0.2, 0.25) is 5.91 Å². The molecular formula is C22H28N2O3S. The molecule has 1 aliphatic rings. The van der Waals surface area contributed by atoms with Gasteiger partial charge in [-0.25, -0.2) is 0 Å². The fourth-order valence-electron chi connectivity index (χ4n) is 3.42. The highest BCUT2D eigenvalue weighted by atomic mass is 32.1. The Morgan fingerprint density at radius 1 is 1.21 bits per heavy atom. The fraction of sp³-hybridized carbons (Fsp3) is 0.409. The standard InChI is InChI=1S/C22H28N2O3S/c1-26-20-5-3-17(13-21(20)27-2)4-6-22(25)23-14-18-7-10-24(11-8-18)15-19-9-12-28-16-19/h3-6,9,12-13,16,18H,7-8,10-11,14-15H2,1-2H3,(H,23,25)/b6-4+. The van der Waals surface area contributed by atoms with Crippen molar-refractivity contribution in [3.05, 3.63) is 52.2 Å². The first-order valence-electron chi connectivity index (χ1n) is 9.59. The minimum absolute atomic E-state index is 0.0597. The Bertz CT molecular complexity index is 781. The molecule has 1 saturated heterocycles. The van der Waals surface area contributed by atoms with E-state index in [0.717, 1.165) is 44.6 Å². The van der Waals surface area contributed by atoms with Crippen molar-refractivity contribution in [2.45, 2.75) is 19.4 Å². The van der Waals surface area contributed by atoms with Crippen LogP contribution in [0.2, 0.25) is 0 Å². The molecule has 0 atom stereocenters. The molecule has 0 aliphatic carbocycles. The molecule has 1 aromatic heterocycles. The van der Waals surface area contributed by atoms with Crippen LogP contribution in [0.4, 0.5) is 0 Å². The highest BCUT2D eigenvalue weighted by Gasteiger charge is 2.19. The minimum atomic E-state index is -0.0597. The summed E-state index contributed by atoms with van der Waals surface area (Å²) in [6.45, 7) is 3.97. The maximum Gasteiger partial charge on any atom is 0.244 e. The van der Waals surface area contributed by atoms with Crippen molar-refractivity contribution in [3.63, 3.8) is 0 Å². The van der Waals surface area contributed by atoms with Crippen LogP contribution in [0.25, 0.3) is 6.08 Å². The number of benzene rings is 1. The molecule has 0 bridgehead atoms. The van der Waals surface area contributed by atoms with E-state index in [2.05, 4.69) is 27.0 Å². The molecule has 0 radical (unpaired) electrons. The van der Waals surface area contributed by atoms with Crippen LogP contribution in [0.15, 0.2) is 41.1 Å². The van der Waals surface area contributed by atoms with Gasteiger partial charge in [0, 0.05) is 19.2 Å². The van der Waals surface area contributed by atoms with Gasteiger partial charge in [0.05, 0.1) is 14.2 Å². The molecule has 6 heteroatoms. The lowest BCUT2D eigenvalue weighted by molar-refractivity contribution is -0.116. The molecule has 1 amide bonds. The normalized spacial score (nSPS) is 15.6. The SMILES string of the molecule is COc1ccc(/C=C/C(=O)NCC2CCN(Cc3ccsc3)CC2)cc1OC. The van der Waals surface area contributed by atoms with Crippen molar-refractivity contribution >= 4 is 23.3 Å². The van der Waals surface area contributed by atoms with Gasteiger partial charge in [0.15, 0.2) is 11.5 Å². The van der Waals surface area contributed by atoms with E-state index in [0.29, 0.717) is 17.4 Å². The van der Waals surface area contributed by atoms with E-state index in [4.69, 9.17) is 9.47 Å². The Morgan fingerprint density at radius 2 is 2.00 bits per heavy atom. The lowest BCUT2D eigenvalue weighted by Crippen LogP contribution is -2.37. The minimum Gasteiger partial charge on any atom is -0.493 e. The largest absolute Gasteiger partial charge is 0.493 e. The predicted octanol–water partition coefficient (Wildman–Crippen LogP) is 3.81. The zero-order valence-electron chi connectivity index (χ0n) is 16.5. The van der Waals surface area contributed by atoms with Gasteiger partial charge in [-0.15, -0.1) is 0 Å². The monoisotopic (exact) mass is 400 g/mol. The second kappa shape index (κ2) is 10.3. The van der Waals surface area contributed by atoms with Crippen LogP contribution in [-0.4, -0.2) is 44.7 Å². The van der Waals surface area contributed by atoms with Crippen molar-refractivity contribution in [1.29, 1.82) is 0 Å². The molecule has 2 aromatic rings. The van der Waals surface area contributed by atoms with Crippen LogP contribution in [0.3, 0.4) is 0 Å². The van der Waals surface area contributed by atoms with Gasteiger partial charge >= 0.3 is 0 Å². The number of thiophene rings is 1. The van der Waals surface area contributed by atoms with Crippen molar-refractivity contribution in [3.8, 4) is 11.5 Å². The zero-order chi connectivity index (χ0) is 19.8. The van der Waals surface area contributed by atoms with Crippen LogP contribution in [-0.2, 0) is 11.3 Å². The Balaban J connectivity index is 1.40. The first kappa shape index (κ1) is 20.4. The number of amides is 1. The number of likely N-dealkylation sites (tertiary alicyclic amines) is 1. The second-order valence-corrected chi connectivity index (χ2v) is 7.82. The number of nitrogens with one attached hydrogen (secondary N) is 1. The summed E-state index contributed by atoms with van der Waals surface area (Å²) < 4.78 is 10.5. The van der Waals surface area contributed by atoms with E-state index in [1.165, 1.54) is 5.56 Å². The molecule has 150 valence electrons. The van der Waals surface area contributed by atoms with Crippen LogP contribution in [0.5, 0.6) is 11.5 Å². The number of carbonyl (C=O) groups excluding carboxylic acids is 1. The van der Waals surface area contributed by atoms with Gasteiger partial charge in [-0.2, -0.15) is 11.3 Å². The highest BCUT2D eigenvalue weighted by molar-refractivity contribution is 7.07. The van der Waals surface area contributed by atoms with Crippen molar-refractivity contribution in [2.75, 3.05) is 33.9 Å². The quantitative estimate of drug-likeness (QED) is 0.685. The molecular weight excluding hydrogens is 372 g/mol. The maximum absolute atomic E-state index is 12.1. The lowest BCUT2D eigenvalue weighted by Gasteiger charge is -2.31. The van der Waals surface area contributed by atoms with Crippen LogP contribution in [0.1, 0.15) is 24.0 Å². The van der Waals surface area contributed by atoms with Crippen LogP contribution in [0, 0.1) is 5.92 Å². The summed E-state index contributed by atoms with van der Waals surface area (Å²) in [5, 5.41) is 7.39. The third-order valence-corrected chi connectivity index (χ3v) is 5.83. The van der Waals surface area contributed by atoms with Gasteiger partial charge in [-0.05, 0) is 78.0 Å². The molecule has 2 heterocycles. The Morgan fingerprint density at radius 3 is 2.68 bits per heavy atom. The summed E-state index contributed by atoms with van der Waals surface area (Å²) in [4.78, 5) is 14.6. The highest BCUT2D eigenvalue weighted by Crippen LogP contribution is 2.28. The number of ether oxygens (including phenoxy) is 2. The molecule has 0 spiro atoms. The topological polar surface area (TPSA) is 50.8 Å². The smallest absolute Gasteiger partial charge is 0.244 e. The first-order chi connectivity index (χ1) is 13.7. The summed E-state index contributed by atoms with van der Waals surface area (Å²) >= 11 is 1.75. The van der Waals surface area contributed by atoms with Gasteiger partial charge in [-0.3, -0.25) is 9.69 Å². The lowest BCUT2D eigenvalue weighted by atomic mass is 9.96. The van der Waals surface area contributed by atoms with Gasteiger partial charge in [-0.1, -0.05) is 6.07 Å². The van der Waals surface area contributed by atoms with Gasteiger partial charge in [0.25, 0.3) is 0 Å². The number of rotatable bonds is 8. The summed E-state index contributed by atoms with van der Waals surface area (Å²) in [5.74, 6) is 1.82. The van der Waals surface area contributed by atoms with Crippen molar-refractivity contribution in [2.24, 2.45) is 5.92 Å². The van der Waals surface area contributed by atoms with E-state index in [9.17, 15) is 4.79 Å². The predicted molar refractivity (Wildman–Crippen MR) is 114 cm³/mol. The summed E-state index contributed by atoms with van der Waals surface area (Å²) in [5.41, 5.74) is 2.30. The molecule has 5 nitrogen and oxygen atoms in total. The summed E-state index contributed by atoms with van der Waals surface area (Å²) in [6, 6.07) is 7.78. The molecule has 28 heavy (non-hydrogen) atoms. The van der Waals surface area contributed by atoms with E-state index in [1.807, 2.05) is 18.2 Å². The summed E-state index contributed by atoms with van der Waals surface area (Å²) in [7, 11) is 3.21. The number of methoxy groups -OCH3 is 2. The van der Waals surface area contributed by atoms with E-state index < -0.39 is 0 Å². The van der Waals surface area contributed by atoms with Gasteiger partial charge in [0.1, 0.15) is 0 Å². The van der Waals surface area contributed by atoms with E-state index in [-0.39, 0.29) is 5.91 Å². The van der Waals surface area contributed by atoms with Crippen LogP contribution >= 0.6 is 11.3 Å². The molecule has 1 N–H and O–H groups in total. The first-order valence-corrected chi connectivity index (χ1v) is 10.5.